The second kappa shape index (κ2) is 5.97. The number of anilines is 1. The van der Waals surface area contributed by atoms with Crippen LogP contribution in [-0.2, 0) is 0 Å². The lowest BCUT2D eigenvalue weighted by atomic mass is 9.78. The average Bonchev–Trinajstić information content (AvgIpc) is 2.39. The highest BCUT2D eigenvalue weighted by Gasteiger charge is 2.32. The van der Waals surface area contributed by atoms with Gasteiger partial charge in [0, 0.05) is 18.9 Å². The monoisotopic (exact) mass is 313 g/mol. The van der Waals surface area contributed by atoms with Gasteiger partial charge in [0.15, 0.2) is 0 Å². The molecule has 1 fully saturated rings. The van der Waals surface area contributed by atoms with Crippen LogP contribution in [0.3, 0.4) is 0 Å². The first kappa shape index (κ1) is 13.7. The SMILES string of the molecule is CCC1CCC(O)(CNc2ncc(Br)cn2)CC1. The van der Waals surface area contributed by atoms with Gasteiger partial charge in [-0.05, 0) is 47.5 Å². The quantitative estimate of drug-likeness (QED) is 0.897. The number of aliphatic hydroxyl groups is 1. The normalized spacial score (nSPS) is 28.1. The molecule has 1 aliphatic rings. The molecule has 0 unspecified atom stereocenters. The van der Waals surface area contributed by atoms with E-state index in [0.29, 0.717) is 12.5 Å². The third-order valence-electron chi connectivity index (χ3n) is 3.81. The van der Waals surface area contributed by atoms with Gasteiger partial charge in [-0.2, -0.15) is 0 Å². The molecular formula is C13H20BrN3O. The summed E-state index contributed by atoms with van der Waals surface area (Å²) in [6.07, 6.45) is 8.61. The molecule has 2 N–H and O–H groups in total. The minimum absolute atomic E-state index is 0.533. The standard InChI is InChI=1S/C13H20BrN3O/c1-2-10-3-5-13(18,6-4-10)9-17-12-15-7-11(14)8-16-12/h7-8,10,18H,2-6,9H2,1H3,(H,15,16,17). The lowest BCUT2D eigenvalue weighted by Gasteiger charge is -2.35. The molecule has 18 heavy (non-hydrogen) atoms. The van der Waals surface area contributed by atoms with E-state index in [0.717, 1.165) is 36.1 Å². The van der Waals surface area contributed by atoms with E-state index >= 15 is 0 Å². The predicted molar refractivity (Wildman–Crippen MR) is 75.4 cm³/mol. The van der Waals surface area contributed by atoms with Crippen LogP contribution in [0.5, 0.6) is 0 Å². The summed E-state index contributed by atoms with van der Waals surface area (Å²) in [5, 5.41) is 13.6. The molecular weight excluding hydrogens is 294 g/mol. The molecule has 1 aliphatic carbocycles. The van der Waals surface area contributed by atoms with Gasteiger partial charge in [0.2, 0.25) is 5.95 Å². The van der Waals surface area contributed by atoms with Gasteiger partial charge in [-0.1, -0.05) is 13.3 Å². The molecule has 0 bridgehead atoms. The fourth-order valence-corrected chi connectivity index (χ4v) is 2.65. The van der Waals surface area contributed by atoms with Gasteiger partial charge in [-0.15, -0.1) is 0 Å². The fraction of sp³-hybridized carbons (Fsp3) is 0.692. The van der Waals surface area contributed by atoms with E-state index in [1.54, 1.807) is 12.4 Å². The minimum atomic E-state index is -0.595. The molecule has 1 heterocycles. The molecule has 4 nitrogen and oxygen atoms in total. The maximum Gasteiger partial charge on any atom is 0.222 e. The van der Waals surface area contributed by atoms with E-state index < -0.39 is 5.60 Å². The summed E-state index contributed by atoms with van der Waals surface area (Å²) in [7, 11) is 0. The maximum atomic E-state index is 10.5. The van der Waals surface area contributed by atoms with Crippen LogP contribution >= 0.6 is 15.9 Å². The van der Waals surface area contributed by atoms with Gasteiger partial charge in [0.25, 0.3) is 0 Å². The van der Waals surface area contributed by atoms with E-state index in [9.17, 15) is 5.11 Å². The number of nitrogens with one attached hydrogen (secondary N) is 1. The van der Waals surface area contributed by atoms with E-state index in [1.807, 2.05) is 0 Å². The third kappa shape index (κ3) is 3.65. The minimum Gasteiger partial charge on any atom is -0.388 e. The van der Waals surface area contributed by atoms with Crippen molar-refractivity contribution in [2.75, 3.05) is 11.9 Å². The predicted octanol–water partition coefficient (Wildman–Crippen LogP) is 2.98. The Bertz CT molecular complexity index is 374. The van der Waals surface area contributed by atoms with Crippen LogP contribution in [0.4, 0.5) is 5.95 Å². The molecule has 0 spiro atoms. The van der Waals surface area contributed by atoms with Crippen molar-refractivity contribution in [1.29, 1.82) is 0 Å². The first-order chi connectivity index (χ1) is 8.61. The van der Waals surface area contributed by atoms with Gasteiger partial charge < -0.3 is 10.4 Å². The Morgan fingerprint density at radius 3 is 2.56 bits per heavy atom. The molecule has 0 amide bonds. The Hall–Kier alpha value is -0.680. The number of rotatable bonds is 4. The summed E-state index contributed by atoms with van der Waals surface area (Å²) < 4.78 is 0.857. The number of hydrogen-bond acceptors (Lipinski definition) is 4. The van der Waals surface area contributed by atoms with E-state index in [-0.39, 0.29) is 0 Å². The summed E-state index contributed by atoms with van der Waals surface area (Å²) in [6, 6.07) is 0. The molecule has 100 valence electrons. The van der Waals surface area contributed by atoms with Crippen molar-refractivity contribution in [3.63, 3.8) is 0 Å². The van der Waals surface area contributed by atoms with Crippen molar-refractivity contribution in [1.82, 2.24) is 9.97 Å². The molecule has 0 aliphatic heterocycles. The largest absolute Gasteiger partial charge is 0.388 e. The topological polar surface area (TPSA) is 58.0 Å². The van der Waals surface area contributed by atoms with Crippen LogP contribution < -0.4 is 5.32 Å². The first-order valence-electron chi connectivity index (χ1n) is 6.55. The van der Waals surface area contributed by atoms with Gasteiger partial charge in [-0.25, -0.2) is 9.97 Å². The van der Waals surface area contributed by atoms with Crippen LogP contribution in [0.1, 0.15) is 39.0 Å². The Morgan fingerprint density at radius 1 is 1.39 bits per heavy atom. The van der Waals surface area contributed by atoms with Crippen LogP contribution in [-0.4, -0.2) is 27.2 Å². The van der Waals surface area contributed by atoms with E-state index in [2.05, 4.69) is 38.1 Å². The summed E-state index contributed by atoms with van der Waals surface area (Å²) >= 11 is 3.30. The third-order valence-corrected chi connectivity index (χ3v) is 4.22. The molecule has 0 aromatic carbocycles. The smallest absolute Gasteiger partial charge is 0.222 e. The lowest BCUT2D eigenvalue weighted by molar-refractivity contribution is 0.00216. The zero-order valence-corrected chi connectivity index (χ0v) is 12.3. The van der Waals surface area contributed by atoms with Gasteiger partial charge in [-0.3, -0.25) is 0 Å². The molecule has 0 atom stereocenters. The molecule has 0 radical (unpaired) electrons. The van der Waals surface area contributed by atoms with Crippen molar-refractivity contribution in [3.05, 3.63) is 16.9 Å². The second-order valence-corrected chi connectivity index (χ2v) is 6.07. The summed E-state index contributed by atoms with van der Waals surface area (Å²) in [4.78, 5) is 8.29. The van der Waals surface area contributed by atoms with Gasteiger partial charge in [0.05, 0.1) is 10.1 Å². The zero-order chi connectivity index (χ0) is 13.0. The summed E-state index contributed by atoms with van der Waals surface area (Å²) in [5.74, 6) is 1.36. The highest BCUT2D eigenvalue weighted by molar-refractivity contribution is 9.10. The summed E-state index contributed by atoms with van der Waals surface area (Å²) in [5.41, 5.74) is -0.595. The van der Waals surface area contributed by atoms with Crippen LogP contribution in [0.25, 0.3) is 0 Å². The molecule has 1 saturated carbocycles. The zero-order valence-electron chi connectivity index (χ0n) is 10.7. The molecule has 1 aromatic heterocycles. The molecule has 5 heteroatoms. The number of halogens is 1. The Kier molecular flexibility index (Phi) is 4.56. The number of hydrogen-bond donors (Lipinski definition) is 2. The Morgan fingerprint density at radius 2 is 2.00 bits per heavy atom. The van der Waals surface area contributed by atoms with Crippen molar-refractivity contribution in [2.24, 2.45) is 5.92 Å². The van der Waals surface area contributed by atoms with Gasteiger partial charge in [0.1, 0.15) is 0 Å². The highest BCUT2D eigenvalue weighted by atomic mass is 79.9. The second-order valence-electron chi connectivity index (χ2n) is 5.15. The Balaban J connectivity index is 1.84. The van der Waals surface area contributed by atoms with E-state index in [4.69, 9.17) is 0 Å². The average molecular weight is 314 g/mol. The summed E-state index contributed by atoms with van der Waals surface area (Å²) in [6.45, 7) is 2.76. The van der Waals surface area contributed by atoms with Crippen molar-refractivity contribution in [3.8, 4) is 0 Å². The van der Waals surface area contributed by atoms with Crippen molar-refractivity contribution < 1.29 is 5.11 Å². The molecule has 2 rings (SSSR count). The molecule has 0 saturated heterocycles. The number of aromatic nitrogens is 2. The van der Waals surface area contributed by atoms with Crippen LogP contribution in [0.15, 0.2) is 16.9 Å². The first-order valence-corrected chi connectivity index (χ1v) is 7.34. The van der Waals surface area contributed by atoms with Crippen LogP contribution in [0, 0.1) is 5.92 Å². The fourth-order valence-electron chi connectivity index (χ4n) is 2.45. The van der Waals surface area contributed by atoms with Crippen molar-refractivity contribution >= 4 is 21.9 Å². The van der Waals surface area contributed by atoms with Crippen molar-refractivity contribution in [2.45, 2.75) is 44.6 Å². The number of nitrogens with zero attached hydrogens (tertiary/aromatic N) is 2. The maximum absolute atomic E-state index is 10.5. The Labute approximate surface area is 116 Å². The van der Waals surface area contributed by atoms with Gasteiger partial charge >= 0.3 is 0 Å². The highest BCUT2D eigenvalue weighted by Crippen LogP contribution is 2.33. The van der Waals surface area contributed by atoms with E-state index in [1.165, 1.54) is 6.42 Å². The van der Waals surface area contributed by atoms with Crippen LogP contribution in [0.2, 0.25) is 0 Å². The molecule has 1 aromatic rings. The lowest BCUT2D eigenvalue weighted by Crippen LogP contribution is -2.40.